The maximum atomic E-state index is 6.09. The molecule has 116 valence electrons. The molecule has 2 heterocycles. The summed E-state index contributed by atoms with van der Waals surface area (Å²) in [5, 5.41) is 4.44. The second-order valence-electron chi connectivity index (χ2n) is 5.81. The molecule has 0 amide bonds. The second-order valence-corrected chi connectivity index (χ2v) is 5.81. The van der Waals surface area contributed by atoms with Crippen LogP contribution in [-0.4, -0.2) is 38.7 Å². The summed E-state index contributed by atoms with van der Waals surface area (Å²) in [6, 6.07) is 9.91. The predicted octanol–water partition coefficient (Wildman–Crippen LogP) is 1.81. The number of guanidine groups is 1. The summed E-state index contributed by atoms with van der Waals surface area (Å²) in [6.45, 7) is 4.64. The molecule has 0 saturated carbocycles. The van der Waals surface area contributed by atoms with Crippen molar-refractivity contribution < 1.29 is 0 Å². The van der Waals surface area contributed by atoms with Crippen molar-refractivity contribution in [3.63, 3.8) is 0 Å². The Morgan fingerprint density at radius 3 is 2.95 bits per heavy atom. The highest BCUT2D eigenvalue weighted by Gasteiger charge is 2.17. The summed E-state index contributed by atoms with van der Waals surface area (Å²) in [6.07, 6.45) is 4.16. The number of aromatic nitrogens is 3. The van der Waals surface area contributed by atoms with Crippen molar-refractivity contribution >= 4 is 5.96 Å². The molecular weight excluding hydrogens is 276 g/mol. The summed E-state index contributed by atoms with van der Waals surface area (Å²) in [5.41, 5.74) is 7.08. The van der Waals surface area contributed by atoms with Crippen molar-refractivity contribution in [1.29, 1.82) is 0 Å². The van der Waals surface area contributed by atoms with Crippen LogP contribution in [0, 0.1) is 5.92 Å². The first-order chi connectivity index (χ1) is 10.7. The zero-order chi connectivity index (χ0) is 15.4. The van der Waals surface area contributed by atoms with Gasteiger partial charge in [-0.3, -0.25) is 0 Å². The van der Waals surface area contributed by atoms with Crippen LogP contribution < -0.4 is 5.73 Å². The minimum absolute atomic E-state index is 0.413. The van der Waals surface area contributed by atoms with Gasteiger partial charge in [-0.25, -0.2) is 14.7 Å². The monoisotopic (exact) mass is 298 g/mol. The average molecular weight is 298 g/mol. The molecule has 6 heteroatoms. The topological polar surface area (TPSA) is 72.3 Å². The van der Waals surface area contributed by atoms with E-state index < -0.39 is 0 Å². The SMILES string of the molecule is CC1CCCN(C(N)=NCc2ncn(-c3ccccc3)n2)C1. The number of rotatable bonds is 3. The van der Waals surface area contributed by atoms with Gasteiger partial charge in [0.25, 0.3) is 0 Å². The van der Waals surface area contributed by atoms with Gasteiger partial charge < -0.3 is 10.6 Å². The van der Waals surface area contributed by atoms with E-state index in [0.29, 0.717) is 24.2 Å². The highest BCUT2D eigenvalue weighted by atomic mass is 15.3. The maximum absolute atomic E-state index is 6.09. The number of benzene rings is 1. The Bertz CT molecular complexity index is 633. The van der Waals surface area contributed by atoms with E-state index in [2.05, 4.69) is 26.9 Å². The normalized spacial score (nSPS) is 19.4. The Labute approximate surface area is 130 Å². The van der Waals surface area contributed by atoms with Crippen LogP contribution in [0.2, 0.25) is 0 Å². The lowest BCUT2D eigenvalue weighted by Crippen LogP contribution is -2.43. The fourth-order valence-corrected chi connectivity index (χ4v) is 2.72. The highest BCUT2D eigenvalue weighted by molar-refractivity contribution is 5.78. The third-order valence-corrected chi connectivity index (χ3v) is 3.92. The van der Waals surface area contributed by atoms with Crippen LogP contribution in [0.1, 0.15) is 25.6 Å². The van der Waals surface area contributed by atoms with Crippen LogP contribution in [0.4, 0.5) is 0 Å². The first-order valence-electron chi connectivity index (χ1n) is 7.73. The molecule has 0 radical (unpaired) electrons. The zero-order valence-corrected chi connectivity index (χ0v) is 12.9. The summed E-state index contributed by atoms with van der Waals surface area (Å²) in [5.74, 6) is 1.96. The first-order valence-corrected chi connectivity index (χ1v) is 7.73. The Kier molecular flexibility index (Phi) is 4.37. The lowest BCUT2D eigenvalue weighted by atomic mass is 10.0. The number of piperidine rings is 1. The van der Waals surface area contributed by atoms with Gasteiger partial charge in [0.05, 0.1) is 5.69 Å². The summed E-state index contributed by atoms with van der Waals surface area (Å²) >= 11 is 0. The van der Waals surface area contributed by atoms with Gasteiger partial charge in [0.2, 0.25) is 0 Å². The van der Waals surface area contributed by atoms with Crippen LogP contribution in [0.25, 0.3) is 5.69 Å². The van der Waals surface area contributed by atoms with Crippen molar-refractivity contribution in [1.82, 2.24) is 19.7 Å². The first kappa shape index (κ1) is 14.6. The molecule has 1 aromatic heterocycles. The van der Waals surface area contributed by atoms with Gasteiger partial charge in [-0.05, 0) is 30.9 Å². The molecule has 22 heavy (non-hydrogen) atoms. The van der Waals surface area contributed by atoms with Crippen molar-refractivity contribution in [3.05, 3.63) is 42.5 Å². The van der Waals surface area contributed by atoms with Gasteiger partial charge in [0.1, 0.15) is 12.9 Å². The van der Waals surface area contributed by atoms with Gasteiger partial charge in [0, 0.05) is 13.1 Å². The molecule has 6 nitrogen and oxygen atoms in total. The standard InChI is InChI=1S/C16H22N6/c1-13-6-5-9-21(11-13)16(17)18-10-15-19-12-22(20-15)14-7-3-2-4-8-14/h2-4,7-8,12-13H,5-6,9-11H2,1H3,(H2,17,18). The minimum Gasteiger partial charge on any atom is -0.370 e. The van der Waals surface area contributed by atoms with Crippen LogP contribution in [0.15, 0.2) is 41.7 Å². The molecule has 1 atom stereocenters. The van der Waals surface area contributed by atoms with E-state index >= 15 is 0 Å². The number of aliphatic imine (C=N–C) groups is 1. The third kappa shape index (κ3) is 3.44. The molecule has 1 aliphatic rings. The Balaban J connectivity index is 1.64. The van der Waals surface area contributed by atoms with Crippen molar-refractivity contribution in [3.8, 4) is 5.69 Å². The van der Waals surface area contributed by atoms with Crippen LogP contribution in [0.5, 0.6) is 0 Å². The van der Waals surface area contributed by atoms with Crippen molar-refractivity contribution in [2.24, 2.45) is 16.6 Å². The summed E-state index contributed by atoms with van der Waals surface area (Å²) in [7, 11) is 0. The van der Waals surface area contributed by atoms with E-state index in [-0.39, 0.29) is 0 Å². The van der Waals surface area contributed by atoms with E-state index in [1.165, 1.54) is 12.8 Å². The molecule has 1 unspecified atom stereocenters. The largest absolute Gasteiger partial charge is 0.370 e. The number of hydrogen-bond acceptors (Lipinski definition) is 3. The Morgan fingerprint density at radius 2 is 2.18 bits per heavy atom. The third-order valence-electron chi connectivity index (χ3n) is 3.92. The molecule has 2 N–H and O–H groups in total. The van der Waals surface area contributed by atoms with E-state index in [1.807, 2.05) is 30.3 Å². The van der Waals surface area contributed by atoms with E-state index in [1.54, 1.807) is 11.0 Å². The number of likely N-dealkylation sites (tertiary alicyclic amines) is 1. The molecule has 2 aromatic rings. The molecular formula is C16H22N6. The molecule has 0 aliphatic carbocycles. The number of nitrogens with two attached hydrogens (primary N) is 1. The van der Waals surface area contributed by atoms with Crippen molar-refractivity contribution in [2.75, 3.05) is 13.1 Å². The summed E-state index contributed by atoms with van der Waals surface area (Å²) < 4.78 is 1.75. The van der Waals surface area contributed by atoms with Gasteiger partial charge in [-0.2, -0.15) is 0 Å². The van der Waals surface area contributed by atoms with Gasteiger partial charge >= 0.3 is 0 Å². The fraction of sp³-hybridized carbons (Fsp3) is 0.438. The van der Waals surface area contributed by atoms with Crippen LogP contribution in [-0.2, 0) is 6.54 Å². The van der Waals surface area contributed by atoms with Gasteiger partial charge in [0.15, 0.2) is 11.8 Å². The molecule has 3 rings (SSSR count). The molecule has 0 bridgehead atoms. The number of hydrogen-bond donors (Lipinski definition) is 1. The highest BCUT2D eigenvalue weighted by Crippen LogP contribution is 2.15. The summed E-state index contributed by atoms with van der Waals surface area (Å²) in [4.78, 5) is 10.9. The zero-order valence-electron chi connectivity index (χ0n) is 12.9. The second kappa shape index (κ2) is 6.60. The number of nitrogens with zero attached hydrogens (tertiary/aromatic N) is 5. The molecule has 1 saturated heterocycles. The van der Waals surface area contributed by atoms with Crippen molar-refractivity contribution in [2.45, 2.75) is 26.3 Å². The predicted molar refractivity (Wildman–Crippen MR) is 86.7 cm³/mol. The lowest BCUT2D eigenvalue weighted by Gasteiger charge is -2.31. The molecule has 1 aromatic carbocycles. The van der Waals surface area contributed by atoms with E-state index in [9.17, 15) is 0 Å². The van der Waals surface area contributed by atoms with E-state index in [4.69, 9.17) is 5.73 Å². The lowest BCUT2D eigenvalue weighted by molar-refractivity contribution is 0.270. The quantitative estimate of drug-likeness (QED) is 0.693. The minimum atomic E-state index is 0.413. The Hall–Kier alpha value is -2.37. The molecule has 1 aliphatic heterocycles. The fourth-order valence-electron chi connectivity index (χ4n) is 2.72. The van der Waals surface area contributed by atoms with Crippen LogP contribution >= 0.6 is 0 Å². The molecule has 0 spiro atoms. The van der Waals surface area contributed by atoms with Gasteiger partial charge in [-0.15, -0.1) is 5.10 Å². The molecule has 1 fully saturated rings. The maximum Gasteiger partial charge on any atom is 0.191 e. The van der Waals surface area contributed by atoms with Crippen LogP contribution in [0.3, 0.4) is 0 Å². The average Bonchev–Trinajstić information content (AvgIpc) is 3.02. The van der Waals surface area contributed by atoms with Gasteiger partial charge in [-0.1, -0.05) is 25.1 Å². The number of para-hydroxylation sites is 1. The Morgan fingerprint density at radius 1 is 1.36 bits per heavy atom. The smallest absolute Gasteiger partial charge is 0.191 e. The van der Waals surface area contributed by atoms with E-state index in [0.717, 1.165) is 18.8 Å².